The predicted molar refractivity (Wildman–Crippen MR) is 89.4 cm³/mol. The van der Waals surface area contributed by atoms with Gasteiger partial charge in [-0.1, -0.05) is 0 Å². The molecule has 0 spiro atoms. The van der Waals surface area contributed by atoms with E-state index in [-0.39, 0.29) is 11.9 Å². The van der Waals surface area contributed by atoms with E-state index in [4.69, 9.17) is 0 Å². The molecule has 0 bridgehead atoms. The zero-order valence-corrected chi connectivity index (χ0v) is 14.0. The van der Waals surface area contributed by atoms with E-state index in [1.54, 1.807) is 28.5 Å². The number of amides is 1. The minimum Gasteiger partial charge on any atom is -0.330 e. The molecule has 4 heterocycles. The van der Waals surface area contributed by atoms with Crippen LogP contribution in [0.15, 0.2) is 36.2 Å². The molecule has 1 amide bonds. The van der Waals surface area contributed by atoms with Gasteiger partial charge in [0.2, 0.25) is 0 Å². The topological polar surface area (TPSA) is 76.8 Å². The fourth-order valence-corrected chi connectivity index (χ4v) is 3.74. The number of carbonyl (C=O) groups is 1. The van der Waals surface area contributed by atoms with Crippen molar-refractivity contribution in [3.8, 4) is 10.8 Å². The third-order valence-corrected chi connectivity index (χ3v) is 4.94. The van der Waals surface area contributed by atoms with Crippen LogP contribution in [0, 0.1) is 0 Å². The first kappa shape index (κ1) is 14.9. The summed E-state index contributed by atoms with van der Waals surface area (Å²) in [5.41, 5.74) is 1.53. The van der Waals surface area contributed by atoms with Crippen molar-refractivity contribution in [3.63, 3.8) is 0 Å². The Bertz CT molecular complexity index is 858. The van der Waals surface area contributed by atoms with Crippen LogP contribution in [0.1, 0.15) is 34.9 Å². The summed E-state index contributed by atoms with van der Waals surface area (Å²) >= 11 is 1.39. The highest BCUT2D eigenvalue weighted by atomic mass is 32.1. The molecule has 0 aromatic carbocycles. The maximum absolute atomic E-state index is 12.9. The largest absolute Gasteiger partial charge is 0.330 e. The molecule has 1 aliphatic heterocycles. The summed E-state index contributed by atoms with van der Waals surface area (Å²) in [6.45, 7) is 0.743. The molecule has 1 aliphatic rings. The molecule has 122 valence electrons. The molecule has 0 aliphatic carbocycles. The minimum absolute atomic E-state index is 0.0419. The summed E-state index contributed by atoms with van der Waals surface area (Å²) in [7, 11) is 1.89. The number of nitrogens with zero attached hydrogens (tertiary/aromatic N) is 6. The Balaban J connectivity index is 1.58. The number of aromatic nitrogens is 5. The average Bonchev–Trinajstić information content (AvgIpc) is 3.35. The summed E-state index contributed by atoms with van der Waals surface area (Å²) in [6, 6.07) is 1.83. The van der Waals surface area contributed by atoms with E-state index in [1.807, 2.05) is 24.3 Å². The molecule has 0 N–H and O–H groups in total. The molecule has 3 aromatic heterocycles. The van der Waals surface area contributed by atoms with Crippen molar-refractivity contribution in [2.24, 2.45) is 7.05 Å². The molecule has 1 fully saturated rings. The van der Waals surface area contributed by atoms with Gasteiger partial charge in [0.1, 0.15) is 5.69 Å². The smallest absolute Gasteiger partial charge is 0.273 e. The van der Waals surface area contributed by atoms with Gasteiger partial charge in [-0.25, -0.2) is 15.0 Å². The zero-order chi connectivity index (χ0) is 16.5. The van der Waals surface area contributed by atoms with Crippen molar-refractivity contribution in [1.29, 1.82) is 0 Å². The van der Waals surface area contributed by atoms with E-state index in [1.165, 1.54) is 11.3 Å². The highest BCUT2D eigenvalue weighted by molar-refractivity contribution is 7.13. The second-order valence-electron chi connectivity index (χ2n) is 5.71. The Morgan fingerprint density at radius 1 is 1.33 bits per heavy atom. The third-order valence-electron chi connectivity index (χ3n) is 4.10. The molecule has 0 radical (unpaired) electrons. The molecule has 7 nitrogen and oxygen atoms in total. The van der Waals surface area contributed by atoms with Crippen LogP contribution in [0.3, 0.4) is 0 Å². The predicted octanol–water partition coefficient (Wildman–Crippen LogP) is 2.31. The molecule has 3 aromatic rings. The lowest BCUT2D eigenvalue weighted by Gasteiger charge is -2.22. The summed E-state index contributed by atoms with van der Waals surface area (Å²) in [5, 5.41) is 6.67. The summed E-state index contributed by atoms with van der Waals surface area (Å²) < 4.78 is 1.77. The summed E-state index contributed by atoms with van der Waals surface area (Å²) in [5.74, 6) is 0.506. The highest BCUT2D eigenvalue weighted by Gasteiger charge is 2.32. The van der Waals surface area contributed by atoms with Gasteiger partial charge in [0.05, 0.1) is 12.2 Å². The number of carbonyl (C=O) groups excluding carboxylic acids is 1. The lowest BCUT2D eigenvalue weighted by molar-refractivity contribution is 0.0730. The fraction of sp³-hybridized carbons (Fsp3) is 0.312. The van der Waals surface area contributed by atoms with Crippen LogP contribution < -0.4 is 0 Å². The second-order valence-corrected chi connectivity index (χ2v) is 6.57. The van der Waals surface area contributed by atoms with Crippen LogP contribution in [0.25, 0.3) is 10.8 Å². The normalized spacial score (nSPS) is 17.4. The second kappa shape index (κ2) is 6.12. The average molecular weight is 340 g/mol. The lowest BCUT2D eigenvalue weighted by Crippen LogP contribution is -2.30. The van der Waals surface area contributed by atoms with E-state index in [0.717, 1.165) is 24.9 Å². The SMILES string of the molecule is Cn1cc([C@@H]2CCCN2C(=O)c2csc(-c3ncccn3)n2)cn1. The van der Waals surface area contributed by atoms with Gasteiger partial charge >= 0.3 is 0 Å². The van der Waals surface area contributed by atoms with E-state index in [9.17, 15) is 4.79 Å². The Morgan fingerprint density at radius 3 is 2.92 bits per heavy atom. The van der Waals surface area contributed by atoms with Crippen LogP contribution in [0.4, 0.5) is 0 Å². The van der Waals surface area contributed by atoms with E-state index in [2.05, 4.69) is 20.1 Å². The maximum Gasteiger partial charge on any atom is 0.273 e. The molecule has 8 heteroatoms. The minimum atomic E-state index is -0.0419. The van der Waals surface area contributed by atoms with Crippen molar-refractivity contribution < 1.29 is 4.79 Å². The van der Waals surface area contributed by atoms with Crippen LogP contribution >= 0.6 is 11.3 Å². The van der Waals surface area contributed by atoms with Gasteiger partial charge in [-0.2, -0.15) is 5.10 Å². The number of rotatable bonds is 3. The Kier molecular flexibility index (Phi) is 3.81. The molecule has 1 atom stereocenters. The maximum atomic E-state index is 12.9. The molecule has 1 saturated heterocycles. The molecule has 0 unspecified atom stereocenters. The quantitative estimate of drug-likeness (QED) is 0.731. The third kappa shape index (κ3) is 2.69. The van der Waals surface area contributed by atoms with E-state index >= 15 is 0 Å². The fourth-order valence-electron chi connectivity index (χ4n) is 3.00. The number of hydrogen-bond acceptors (Lipinski definition) is 6. The van der Waals surface area contributed by atoms with Crippen LogP contribution in [0.5, 0.6) is 0 Å². The van der Waals surface area contributed by atoms with Gasteiger partial charge in [-0.05, 0) is 18.9 Å². The Hall–Kier alpha value is -2.61. The van der Waals surface area contributed by atoms with Gasteiger partial charge in [-0.3, -0.25) is 9.48 Å². The number of thiazole rings is 1. The van der Waals surface area contributed by atoms with Crippen molar-refractivity contribution in [3.05, 3.63) is 47.5 Å². The van der Waals surface area contributed by atoms with Crippen LogP contribution in [-0.4, -0.2) is 42.1 Å². The number of aryl methyl sites for hydroxylation is 1. The molecule has 4 rings (SSSR count). The molecule has 0 saturated carbocycles. The Labute approximate surface area is 143 Å². The summed E-state index contributed by atoms with van der Waals surface area (Å²) in [6.07, 6.45) is 9.09. The van der Waals surface area contributed by atoms with Crippen molar-refractivity contribution in [1.82, 2.24) is 29.6 Å². The monoisotopic (exact) mass is 340 g/mol. The van der Waals surface area contributed by atoms with Gasteiger partial charge in [0.15, 0.2) is 10.8 Å². The van der Waals surface area contributed by atoms with E-state index in [0.29, 0.717) is 16.5 Å². The van der Waals surface area contributed by atoms with Crippen LogP contribution in [0.2, 0.25) is 0 Å². The first-order valence-corrected chi connectivity index (χ1v) is 8.63. The number of hydrogen-bond donors (Lipinski definition) is 0. The molecular weight excluding hydrogens is 324 g/mol. The lowest BCUT2D eigenvalue weighted by atomic mass is 10.1. The highest BCUT2D eigenvalue weighted by Crippen LogP contribution is 2.33. The first-order chi connectivity index (χ1) is 11.7. The van der Waals surface area contributed by atoms with Gasteiger partial charge in [0.25, 0.3) is 5.91 Å². The molecular formula is C16H16N6OS. The van der Waals surface area contributed by atoms with Gasteiger partial charge in [0, 0.05) is 43.1 Å². The van der Waals surface area contributed by atoms with Gasteiger partial charge < -0.3 is 4.90 Å². The first-order valence-electron chi connectivity index (χ1n) is 7.75. The summed E-state index contributed by atoms with van der Waals surface area (Å²) in [4.78, 5) is 27.6. The number of likely N-dealkylation sites (tertiary alicyclic amines) is 1. The molecule has 24 heavy (non-hydrogen) atoms. The van der Waals surface area contributed by atoms with Crippen molar-refractivity contribution in [2.45, 2.75) is 18.9 Å². The van der Waals surface area contributed by atoms with Crippen LogP contribution in [-0.2, 0) is 7.05 Å². The zero-order valence-electron chi connectivity index (χ0n) is 13.2. The van der Waals surface area contributed by atoms with Crippen molar-refractivity contribution >= 4 is 17.2 Å². The van der Waals surface area contributed by atoms with Gasteiger partial charge in [-0.15, -0.1) is 11.3 Å². The standard InChI is InChI=1S/C16H16N6OS/c1-21-9-11(8-19-21)13-4-2-7-22(13)16(23)12-10-24-15(20-12)14-17-5-3-6-18-14/h3,5-6,8-10,13H,2,4,7H2,1H3/t13-/m0/s1. The van der Waals surface area contributed by atoms with Crippen molar-refractivity contribution in [2.75, 3.05) is 6.54 Å². The Morgan fingerprint density at radius 2 is 2.17 bits per heavy atom. The van der Waals surface area contributed by atoms with E-state index < -0.39 is 0 Å².